The van der Waals surface area contributed by atoms with Crippen molar-refractivity contribution in [3.05, 3.63) is 16.1 Å². The molecule has 0 aromatic carbocycles. The molecule has 132 valence electrons. The summed E-state index contributed by atoms with van der Waals surface area (Å²) in [6.45, 7) is 7.02. The van der Waals surface area contributed by atoms with Crippen LogP contribution in [0.25, 0.3) is 0 Å². The number of piperidine rings is 1. The molecule has 0 N–H and O–H groups in total. The highest BCUT2D eigenvalue weighted by molar-refractivity contribution is 7.09. The molecule has 2 saturated heterocycles. The third kappa shape index (κ3) is 3.25. The zero-order valence-electron chi connectivity index (χ0n) is 14.8. The van der Waals surface area contributed by atoms with E-state index in [1.807, 2.05) is 0 Å². The summed E-state index contributed by atoms with van der Waals surface area (Å²) in [5, 5.41) is 3.30. The Labute approximate surface area is 149 Å². The fourth-order valence-electron chi connectivity index (χ4n) is 4.95. The molecule has 1 aliphatic carbocycles. The monoisotopic (exact) mass is 347 g/mol. The molecule has 0 bridgehead atoms. The molecule has 1 amide bonds. The lowest BCUT2D eigenvalue weighted by Crippen LogP contribution is -2.67. The maximum atomic E-state index is 12.9. The Kier molecular flexibility index (Phi) is 4.65. The van der Waals surface area contributed by atoms with E-state index in [9.17, 15) is 4.79 Å². The van der Waals surface area contributed by atoms with E-state index < -0.39 is 0 Å². The molecule has 2 aliphatic heterocycles. The molecule has 24 heavy (non-hydrogen) atoms. The Morgan fingerprint density at radius 1 is 1.25 bits per heavy atom. The van der Waals surface area contributed by atoms with Gasteiger partial charge in [0.05, 0.1) is 16.1 Å². The number of carbonyl (C=O) groups excluding carboxylic acids is 1. The maximum Gasteiger partial charge on any atom is 0.231 e. The largest absolute Gasteiger partial charge is 0.341 e. The second-order valence-corrected chi connectivity index (χ2v) is 9.20. The normalized spacial score (nSPS) is 29.2. The predicted octanol–water partition coefficient (Wildman–Crippen LogP) is 3.46. The van der Waals surface area contributed by atoms with Crippen LogP contribution in [-0.4, -0.2) is 46.9 Å². The highest BCUT2D eigenvalue weighted by Crippen LogP contribution is 2.41. The van der Waals surface area contributed by atoms with Gasteiger partial charge in [0, 0.05) is 31.6 Å². The van der Waals surface area contributed by atoms with E-state index in [-0.39, 0.29) is 5.41 Å². The van der Waals surface area contributed by atoms with E-state index in [0.717, 1.165) is 56.5 Å². The number of hydrogen-bond donors (Lipinski definition) is 0. The van der Waals surface area contributed by atoms with Crippen LogP contribution in [0.2, 0.25) is 0 Å². The number of hydrogen-bond acceptors (Lipinski definition) is 4. The third-order valence-electron chi connectivity index (χ3n) is 6.15. The van der Waals surface area contributed by atoms with E-state index in [1.54, 1.807) is 11.3 Å². The van der Waals surface area contributed by atoms with Gasteiger partial charge in [0.15, 0.2) is 0 Å². The zero-order valence-corrected chi connectivity index (χ0v) is 15.6. The van der Waals surface area contributed by atoms with Crippen LogP contribution in [0.15, 0.2) is 5.38 Å². The van der Waals surface area contributed by atoms with Crippen LogP contribution in [0.4, 0.5) is 0 Å². The second-order valence-electron chi connectivity index (χ2n) is 8.14. The number of amides is 1. The number of likely N-dealkylation sites (tertiary alicyclic amines) is 2. The minimum absolute atomic E-state index is 0.0714. The SMILES string of the molecule is Cc1nc(CN2CCC[C@@]3(C2)CN(CC2CCCCC2)C3=O)cs1. The first-order valence-electron chi connectivity index (χ1n) is 9.57. The molecule has 3 aliphatic rings. The quantitative estimate of drug-likeness (QED) is 0.783. The number of aromatic nitrogens is 1. The highest BCUT2D eigenvalue weighted by Gasteiger charge is 2.53. The molecule has 0 unspecified atom stereocenters. The third-order valence-corrected chi connectivity index (χ3v) is 6.97. The zero-order chi connectivity index (χ0) is 16.6. The average Bonchev–Trinajstić information content (AvgIpc) is 3.00. The summed E-state index contributed by atoms with van der Waals surface area (Å²) in [5.41, 5.74) is 1.10. The van der Waals surface area contributed by atoms with E-state index in [4.69, 9.17) is 0 Å². The van der Waals surface area contributed by atoms with E-state index >= 15 is 0 Å². The van der Waals surface area contributed by atoms with Crippen molar-refractivity contribution in [2.75, 3.05) is 26.2 Å². The van der Waals surface area contributed by atoms with Crippen molar-refractivity contribution in [2.45, 2.75) is 58.4 Å². The van der Waals surface area contributed by atoms with Crippen molar-refractivity contribution < 1.29 is 4.79 Å². The molecule has 1 aromatic rings. The minimum atomic E-state index is -0.0714. The number of rotatable bonds is 4. The van der Waals surface area contributed by atoms with Crippen LogP contribution in [0.1, 0.15) is 55.6 Å². The number of thiazole rings is 1. The lowest BCUT2D eigenvalue weighted by atomic mass is 9.71. The van der Waals surface area contributed by atoms with Gasteiger partial charge in [0.25, 0.3) is 0 Å². The fourth-order valence-corrected chi connectivity index (χ4v) is 5.56. The van der Waals surface area contributed by atoms with Gasteiger partial charge < -0.3 is 4.90 Å². The maximum absolute atomic E-state index is 12.9. The van der Waals surface area contributed by atoms with Crippen LogP contribution >= 0.6 is 11.3 Å². The van der Waals surface area contributed by atoms with Crippen LogP contribution in [-0.2, 0) is 11.3 Å². The van der Waals surface area contributed by atoms with E-state index in [1.165, 1.54) is 37.8 Å². The summed E-state index contributed by atoms with van der Waals surface area (Å²) in [7, 11) is 0. The minimum Gasteiger partial charge on any atom is -0.341 e. The van der Waals surface area contributed by atoms with Gasteiger partial charge in [-0.15, -0.1) is 11.3 Å². The number of β-lactam (4-membered cyclic amide) rings is 1. The molecular weight excluding hydrogens is 318 g/mol. The highest BCUT2D eigenvalue weighted by atomic mass is 32.1. The number of carbonyl (C=O) groups is 1. The first-order valence-corrected chi connectivity index (χ1v) is 10.5. The van der Waals surface area contributed by atoms with E-state index in [0.29, 0.717) is 5.91 Å². The second kappa shape index (κ2) is 6.75. The average molecular weight is 348 g/mol. The Morgan fingerprint density at radius 3 is 2.79 bits per heavy atom. The van der Waals surface area contributed by atoms with Crippen molar-refractivity contribution in [3.63, 3.8) is 0 Å². The van der Waals surface area contributed by atoms with Crippen LogP contribution in [0.3, 0.4) is 0 Å². The summed E-state index contributed by atoms with van der Waals surface area (Å²) in [6, 6.07) is 0. The topological polar surface area (TPSA) is 36.4 Å². The summed E-state index contributed by atoms with van der Waals surface area (Å²) in [5.74, 6) is 1.20. The first-order chi connectivity index (χ1) is 11.6. The van der Waals surface area contributed by atoms with E-state index in [2.05, 4.69) is 27.1 Å². The Bertz CT molecular complexity index is 595. The Morgan fingerprint density at radius 2 is 2.08 bits per heavy atom. The van der Waals surface area contributed by atoms with Gasteiger partial charge in [0.1, 0.15) is 0 Å². The van der Waals surface area contributed by atoms with Crippen LogP contribution in [0.5, 0.6) is 0 Å². The number of aryl methyl sites for hydroxylation is 1. The van der Waals surface area contributed by atoms with Gasteiger partial charge in [-0.1, -0.05) is 19.3 Å². The Balaban J connectivity index is 1.33. The summed E-state index contributed by atoms with van der Waals surface area (Å²) < 4.78 is 0. The summed E-state index contributed by atoms with van der Waals surface area (Å²) in [4.78, 5) is 22.1. The Hall–Kier alpha value is -0.940. The molecule has 4 nitrogen and oxygen atoms in total. The van der Waals surface area contributed by atoms with Crippen molar-refractivity contribution in [2.24, 2.45) is 11.3 Å². The summed E-state index contributed by atoms with van der Waals surface area (Å²) in [6.07, 6.45) is 8.99. The van der Waals surface area contributed by atoms with Crippen molar-refractivity contribution in [1.82, 2.24) is 14.8 Å². The molecule has 5 heteroatoms. The van der Waals surface area contributed by atoms with Gasteiger partial charge in [0.2, 0.25) is 5.91 Å². The molecule has 3 fully saturated rings. The van der Waals surface area contributed by atoms with Crippen molar-refractivity contribution >= 4 is 17.2 Å². The van der Waals surface area contributed by atoms with Crippen LogP contribution in [0, 0.1) is 18.3 Å². The van der Waals surface area contributed by atoms with Gasteiger partial charge in [-0.05, 0) is 45.1 Å². The molecule has 1 saturated carbocycles. The van der Waals surface area contributed by atoms with Gasteiger partial charge >= 0.3 is 0 Å². The van der Waals surface area contributed by atoms with Gasteiger partial charge in [-0.2, -0.15) is 0 Å². The molecule has 1 aromatic heterocycles. The lowest BCUT2D eigenvalue weighted by Gasteiger charge is -2.54. The van der Waals surface area contributed by atoms with Gasteiger partial charge in [-0.25, -0.2) is 4.98 Å². The van der Waals surface area contributed by atoms with Crippen molar-refractivity contribution in [1.29, 1.82) is 0 Å². The predicted molar refractivity (Wildman–Crippen MR) is 97.0 cm³/mol. The molecule has 1 atom stereocenters. The molecule has 4 rings (SSSR count). The molecule has 1 spiro atoms. The fraction of sp³-hybridized carbons (Fsp3) is 0.789. The smallest absolute Gasteiger partial charge is 0.231 e. The van der Waals surface area contributed by atoms with Crippen molar-refractivity contribution in [3.8, 4) is 0 Å². The lowest BCUT2D eigenvalue weighted by molar-refractivity contribution is -0.167. The standard InChI is InChI=1S/C19H29N3OS/c1-15-20-17(12-24-15)11-21-9-5-8-19(13-21)14-22(18(19)23)10-16-6-3-2-4-7-16/h12,16H,2-11,13-14H2,1H3/t19-/m1/s1. The molecule has 3 heterocycles. The first kappa shape index (κ1) is 16.5. The van der Waals surface area contributed by atoms with Gasteiger partial charge in [-0.3, -0.25) is 9.69 Å². The van der Waals surface area contributed by atoms with Crippen LogP contribution < -0.4 is 0 Å². The molecule has 0 radical (unpaired) electrons. The number of nitrogens with zero attached hydrogens (tertiary/aromatic N) is 3. The molecular formula is C19H29N3OS. The summed E-state index contributed by atoms with van der Waals surface area (Å²) >= 11 is 1.72.